The smallest absolute Gasteiger partial charge is 0.325 e. The molecule has 2 atom stereocenters. The standard InChI is InChI=1S/C40H40Cl2N4O10/c1-53-39(51)29(19-47)43-13-15-45-31-11-9-23(17-33(31)55-21-35(45)49)25-5-3-7-27(37(25)41)28-8-4-6-26(38(28)42)24-10-12-32-34(18-24)56-22-36(50)46(32)16-14-44-30(20-48)40(52)54-2/h3-12,17-18,29-30,43-44,47-48H,13-16,19-22H2,1-2H3/t29-,30-/m0/s1. The van der Waals surface area contributed by atoms with Crippen molar-refractivity contribution in [2.24, 2.45) is 0 Å². The molecule has 0 saturated heterocycles. The van der Waals surface area contributed by atoms with Gasteiger partial charge in [-0.1, -0.05) is 71.7 Å². The number of aliphatic hydroxyl groups is 2. The highest BCUT2D eigenvalue weighted by atomic mass is 35.5. The molecule has 0 radical (unpaired) electrons. The van der Waals surface area contributed by atoms with Gasteiger partial charge in [0.15, 0.2) is 13.2 Å². The maximum absolute atomic E-state index is 12.8. The van der Waals surface area contributed by atoms with Crippen LogP contribution < -0.4 is 29.9 Å². The highest BCUT2D eigenvalue weighted by Gasteiger charge is 2.29. The molecular weight excluding hydrogens is 767 g/mol. The third kappa shape index (κ3) is 8.45. The van der Waals surface area contributed by atoms with Gasteiger partial charge < -0.3 is 49.6 Å². The molecule has 0 unspecified atom stereocenters. The Morgan fingerprint density at radius 3 is 1.45 bits per heavy atom. The first-order valence-corrected chi connectivity index (χ1v) is 18.4. The van der Waals surface area contributed by atoms with Crippen LogP contribution in [0.5, 0.6) is 11.5 Å². The Morgan fingerprint density at radius 1 is 0.679 bits per heavy atom. The average molecular weight is 808 g/mol. The third-order valence-corrected chi connectivity index (χ3v) is 10.3. The van der Waals surface area contributed by atoms with Gasteiger partial charge in [-0.2, -0.15) is 0 Å². The molecule has 4 aromatic rings. The van der Waals surface area contributed by atoms with Gasteiger partial charge in [0.05, 0.1) is 48.9 Å². The third-order valence-electron chi connectivity index (χ3n) is 9.50. The number of fused-ring (bicyclic) bond motifs is 2. The highest BCUT2D eigenvalue weighted by Crippen LogP contribution is 2.45. The molecular formula is C40H40Cl2N4O10. The first kappa shape index (κ1) is 40.4. The van der Waals surface area contributed by atoms with Crippen LogP contribution in [-0.2, 0) is 28.7 Å². The zero-order valence-electron chi connectivity index (χ0n) is 30.6. The van der Waals surface area contributed by atoms with Crippen molar-refractivity contribution in [2.45, 2.75) is 12.1 Å². The number of nitrogens with zero attached hydrogens (tertiary/aromatic N) is 2. The molecule has 14 nitrogen and oxygen atoms in total. The maximum Gasteiger partial charge on any atom is 0.325 e. The Balaban J connectivity index is 1.22. The molecule has 4 N–H and O–H groups in total. The summed E-state index contributed by atoms with van der Waals surface area (Å²) < 4.78 is 21.0. The van der Waals surface area contributed by atoms with Crippen LogP contribution in [0.25, 0.3) is 33.4 Å². The quantitative estimate of drug-likeness (QED) is 0.129. The Morgan fingerprint density at radius 2 is 1.07 bits per heavy atom. The summed E-state index contributed by atoms with van der Waals surface area (Å²) >= 11 is 14.2. The highest BCUT2D eigenvalue weighted by molar-refractivity contribution is 6.39. The minimum atomic E-state index is -0.908. The van der Waals surface area contributed by atoms with E-state index < -0.39 is 37.2 Å². The number of aliphatic hydroxyl groups excluding tert-OH is 2. The van der Waals surface area contributed by atoms with Crippen molar-refractivity contribution >= 4 is 58.3 Å². The molecule has 56 heavy (non-hydrogen) atoms. The Hall–Kier alpha value is -5.22. The number of hydrogen-bond acceptors (Lipinski definition) is 12. The van der Waals surface area contributed by atoms with Crippen LogP contribution in [0.2, 0.25) is 10.0 Å². The minimum Gasteiger partial charge on any atom is -0.482 e. The zero-order chi connectivity index (χ0) is 39.9. The van der Waals surface area contributed by atoms with E-state index in [0.29, 0.717) is 55.2 Å². The van der Waals surface area contributed by atoms with Gasteiger partial charge >= 0.3 is 11.9 Å². The number of halogens is 2. The van der Waals surface area contributed by atoms with Crippen LogP contribution in [0.1, 0.15) is 0 Å². The molecule has 4 aromatic carbocycles. The van der Waals surface area contributed by atoms with E-state index in [1.165, 1.54) is 14.2 Å². The van der Waals surface area contributed by atoms with E-state index in [-0.39, 0.29) is 51.2 Å². The van der Waals surface area contributed by atoms with Gasteiger partial charge in [0, 0.05) is 48.4 Å². The number of nitrogens with one attached hydrogen (secondary N) is 2. The van der Waals surface area contributed by atoms with Gasteiger partial charge in [0.25, 0.3) is 11.8 Å². The lowest BCUT2D eigenvalue weighted by Crippen LogP contribution is -2.47. The van der Waals surface area contributed by atoms with Crippen LogP contribution in [-0.4, -0.2) is 113 Å². The molecule has 0 saturated carbocycles. The molecule has 2 amide bonds. The number of hydrogen-bond donors (Lipinski definition) is 4. The van der Waals surface area contributed by atoms with Crippen LogP contribution in [0, 0.1) is 0 Å². The van der Waals surface area contributed by atoms with Crippen molar-refractivity contribution < 1.29 is 48.3 Å². The molecule has 0 aromatic heterocycles. The largest absolute Gasteiger partial charge is 0.482 e. The molecule has 0 bridgehead atoms. The summed E-state index contributed by atoms with van der Waals surface area (Å²) in [6.07, 6.45) is 0. The first-order valence-electron chi connectivity index (χ1n) is 17.7. The van der Waals surface area contributed by atoms with Crippen molar-refractivity contribution in [1.82, 2.24) is 10.6 Å². The van der Waals surface area contributed by atoms with Gasteiger partial charge in [-0.15, -0.1) is 0 Å². The molecule has 0 spiro atoms. The molecule has 16 heteroatoms. The summed E-state index contributed by atoms with van der Waals surface area (Å²) in [6, 6.07) is 20.3. The van der Waals surface area contributed by atoms with E-state index in [1.54, 1.807) is 21.9 Å². The fourth-order valence-electron chi connectivity index (χ4n) is 6.59. The van der Waals surface area contributed by atoms with Crippen molar-refractivity contribution in [2.75, 3.05) is 76.6 Å². The summed E-state index contributed by atoms with van der Waals surface area (Å²) in [5, 5.41) is 25.7. The summed E-state index contributed by atoms with van der Waals surface area (Å²) in [7, 11) is 2.47. The Labute approximate surface area is 332 Å². The topological polar surface area (TPSA) is 176 Å². The summed E-state index contributed by atoms with van der Waals surface area (Å²) in [5.74, 6) is -0.738. The predicted molar refractivity (Wildman–Crippen MR) is 210 cm³/mol. The summed E-state index contributed by atoms with van der Waals surface area (Å²) in [4.78, 5) is 52.4. The van der Waals surface area contributed by atoms with Crippen LogP contribution in [0.15, 0.2) is 72.8 Å². The van der Waals surface area contributed by atoms with Gasteiger partial charge in [0.2, 0.25) is 0 Å². The lowest BCUT2D eigenvalue weighted by molar-refractivity contribution is -0.145. The monoisotopic (exact) mass is 806 g/mol. The van der Waals surface area contributed by atoms with Crippen LogP contribution in [0.3, 0.4) is 0 Å². The lowest BCUT2D eigenvalue weighted by atomic mass is 9.95. The number of ether oxygens (including phenoxy) is 4. The maximum atomic E-state index is 12.8. The van der Waals surface area contributed by atoms with Gasteiger partial charge in [-0.3, -0.25) is 19.2 Å². The number of esters is 2. The molecule has 2 aliphatic rings. The molecule has 294 valence electrons. The summed E-state index contributed by atoms with van der Waals surface area (Å²) in [5.41, 5.74) is 5.41. The SMILES string of the molecule is COC(=O)[C@H](CO)NCCN1C(=O)COc2cc(-c3cccc(-c4cccc(-c5ccc6c(c5)OCC(=O)N6CCN[C@@H](CO)C(=O)OC)c4Cl)c3Cl)ccc21. The van der Waals surface area contributed by atoms with E-state index >= 15 is 0 Å². The molecule has 6 rings (SSSR count). The van der Waals surface area contributed by atoms with Crippen molar-refractivity contribution in [1.29, 1.82) is 0 Å². The number of amides is 2. The van der Waals surface area contributed by atoms with Crippen LogP contribution in [0.4, 0.5) is 11.4 Å². The van der Waals surface area contributed by atoms with E-state index in [1.807, 2.05) is 60.7 Å². The minimum absolute atomic E-state index is 0.172. The average Bonchev–Trinajstić information content (AvgIpc) is 3.22. The lowest BCUT2D eigenvalue weighted by Gasteiger charge is -2.30. The normalized spacial score (nSPS) is 14.6. The second-order valence-electron chi connectivity index (χ2n) is 12.8. The van der Waals surface area contributed by atoms with Crippen molar-refractivity contribution in [3.8, 4) is 44.9 Å². The van der Waals surface area contributed by atoms with E-state index in [4.69, 9.17) is 42.1 Å². The molecule has 0 aliphatic carbocycles. The van der Waals surface area contributed by atoms with Crippen molar-refractivity contribution in [3.63, 3.8) is 0 Å². The first-order chi connectivity index (χ1) is 27.1. The second-order valence-corrected chi connectivity index (χ2v) is 13.5. The fourth-order valence-corrected chi connectivity index (χ4v) is 7.26. The number of anilines is 2. The van der Waals surface area contributed by atoms with E-state index in [2.05, 4.69) is 10.6 Å². The molecule has 2 heterocycles. The number of methoxy groups -OCH3 is 2. The second kappa shape index (κ2) is 18.2. The number of benzene rings is 4. The van der Waals surface area contributed by atoms with Gasteiger partial charge in [-0.25, -0.2) is 0 Å². The number of rotatable bonds is 15. The Kier molecular flexibility index (Phi) is 13.1. The number of carbonyl (C=O) groups excluding carboxylic acids is 4. The number of carbonyl (C=O) groups is 4. The van der Waals surface area contributed by atoms with Crippen LogP contribution >= 0.6 is 23.2 Å². The fraction of sp³-hybridized carbons (Fsp3) is 0.300. The van der Waals surface area contributed by atoms with E-state index in [9.17, 15) is 29.4 Å². The van der Waals surface area contributed by atoms with E-state index in [0.717, 1.165) is 11.1 Å². The molecule has 2 aliphatic heterocycles. The summed E-state index contributed by atoms with van der Waals surface area (Å²) in [6.45, 7) is -0.340. The van der Waals surface area contributed by atoms with Gasteiger partial charge in [-0.05, 0) is 35.4 Å². The Bertz CT molecular complexity index is 1980. The van der Waals surface area contributed by atoms with Crippen molar-refractivity contribution in [3.05, 3.63) is 82.8 Å². The molecule has 0 fully saturated rings. The van der Waals surface area contributed by atoms with Gasteiger partial charge in [0.1, 0.15) is 23.6 Å². The zero-order valence-corrected chi connectivity index (χ0v) is 32.1. The predicted octanol–water partition coefficient (Wildman–Crippen LogP) is 3.69.